The number of hydrogen-bond donors (Lipinski definition) is 0. The fourth-order valence-corrected chi connectivity index (χ4v) is 2.84. The van der Waals surface area contributed by atoms with E-state index in [1.54, 1.807) is 5.56 Å². The van der Waals surface area contributed by atoms with E-state index in [1.807, 2.05) is 11.3 Å². The first-order chi connectivity index (χ1) is 5.41. The van der Waals surface area contributed by atoms with Crippen molar-refractivity contribution in [3.8, 4) is 0 Å². The molecule has 0 amide bonds. The third kappa shape index (κ3) is 0.741. The molecule has 1 aliphatic carbocycles. The van der Waals surface area contributed by atoms with Gasteiger partial charge in [0.15, 0.2) is 0 Å². The first-order valence-corrected chi connectivity index (χ1v) is 4.93. The molecule has 0 atom stereocenters. The highest BCUT2D eigenvalue weighted by Gasteiger charge is 2.48. The second-order valence-corrected chi connectivity index (χ2v) is 4.53. The normalized spacial score (nSPS) is 25.1. The summed E-state index contributed by atoms with van der Waals surface area (Å²) in [5.74, 6) is 0. The lowest BCUT2D eigenvalue weighted by Gasteiger charge is -2.21. The molecule has 2 heterocycles. The third-order valence-corrected chi connectivity index (χ3v) is 3.68. The number of fused-ring (bicyclic) bond motifs is 2. The standard InChI is InChI=1S/C9H10OS/c1-4-11-8-5-10-6-9(2-3-9)7(1)8/h1,4H,2-3,5-6H2. The van der Waals surface area contributed by atoms with E-state index in [0.717, 1.165) is 13.2 Å². The van der Waals surface area contributed by atoms with Crippen LogP contribution in [-0.2, 0) is 16.8 Å². The molecule has 0 saturated heterocycles. The Kier molecular flexibility index (Phi) is 1.06. The van der Waals surface area contributed by atoms with E-state index in [4.69, 9.17) is 4.74 Å². The van der Waals surface area contributed by atoms with Crippen molar-refractivity contribution >= 4 is 11.3 Å². The second-order valence-electron chi connectivity index (χ2n) is 3.53. The van der Waals surface area contributed by atoms with Crippen LogP contribution in [-0.4, -0.2) is 6.61 Å². The molecule has 11 heavy (non-hydrogen) atoms. The monoisotopic (exact) mass is 166 g/mol. The SMILES string of the molecule is c1cc2c(s1)COCC21CC1. The van der Waals surface area contributed by atoms with Gasteiger partial charge in [0.1, 0.15) is 0 Å². The van der Waals surface area contributed by atoms with Gasteiger partial charge in [0.2, 0.25) is 0 Å². The van der Waals surface area contributed by atoms with E-state index in [-0.39, 0.29) is 0 Å². The van der Waals surface area contributed by atoms with Crippen LogP contribution in [0.5, 0.6) is 0 Å². The van der Waals surface area contributed by atoms with Crippen LogP contribution in [0.1, 0.15) is 23.3 Å². The van der Waals surface area contributed by atoms with Gasteiger partial charge in [-0.1, -0.05) is 0 Å². The largest absolute Gasteiger partial charge is 0.375 e. The molecule has 2 heteroatoms. The minimum absolute atomic E-state index is 0.480. The van der Waals surface area contributed by atoms with Gasteiger partial charge < -0.3 is 4.74 Å². The molecule has 3 rings (SSSR count). The predicted octanol–water partition coefficient (Wildman–Crippen LogP) is 2.31. The predicted molar refractivity (Wildman–Crippen MR) is 44.9 cm³/mol. The number of hydrogen-bond acceptors (Lipinski definition) is 2. The Balaban J connectivity index is 2.16. The smallest absolute Gasteiger partial charge is 0.0812 e. The molecule has 1 nitrogen and oxygen atoms in total. The van der Waals surface area contributed by atoms with Crippen molar-refractivity contribution in [3.63, 3.8) is 0 Å². The van der Waals surface area contributed by atoms with Crippen LogP contribution >= 0.6 is 11.3 Å². The molecule has 1 aromatic rings. The van der Waals surface area contributed by atoms with Crippen molar-refractivity contribution in [3.05, 3.63) is 21.9 Å². The first kappa shape index (κ1) is 6.21. The molecule has 2 aliphatic rings. The van der Waals surface area contributed by atoms with Crippen LogP contribution in [0.3, 0.4) is 0 Å². The number of ether oxygens (including phenoxy) is 1. The van der Waals surface area contributed by atoms with Crippen LogP contribution in [0, 0.1) is 0 Å². The molecular formula is C9H10OS. The van der Waals surface area contributed by atoms with Gasteiger partial charge in [-0.15, -0.1) is 11.3 Å². The van der Waals surface area contributed by atoms with Crippen LogP contribution in [0.2, 0.25) is 0 Å². The average Bonchev–Trinajstić information content (AvgIpc) is 2.63. The number of rotatable bonds is 0. The Morgan fingerprint density at radius 1 is 1.45 bits per heavy atom. The minimum Gasteiger partial charge on any atom is -0.375 e. The molecule has 1 aromatic heterocycles. The lowest BCUT2D eigenvalue weighted by molar-refractivity contribution is 0.0867. The highest BCUT2D eigenvalue weighted by molar-refractivity contribution is 7.10. The minimum atomic E-state index is 0.480. The zero-order chi connectivity index (χ0) is 7.31. The van der Waals surface area contributed by atoms with Gasteiger partial charge in [0.25, 0.3) is 0 Å². The lowest BCUT2D eigenvalue weighted by atomic mass is 9.96. The maximum atomic E-state index is 5.54. The summed E-state index contributed by atoms with van der Waals surface area (Å²) in [7, 11) is 0. The van der Waals surface area contributed by atoms with Gasteiger partial charge in [-0.05, 0) is 29.9 Å². The Morgan fingerprint density at radius 2 is 2.36 bits per heavy atom. The van der Waals surface area contributed by atoms with E-state index < -0.39 is 0 Å². The second kappa shape index (κ2) is 1.87. The molecule has 0 N–H and O–H groups in total. The van der Waals surface area contributed by atoms with Gasteiger partial charge in [0.05, 0.1) is 13.2 Å². The zero-order valence-electron chi connectivity index (χ0n) is 6.30. The van der Waals surface area contributed by atoms with E-state index in [2.05, 4.69) is 11.4 Å². The highest BCUT2D eigenvalue weighted by Crippen LogP contribution is 2.52. The van der Waals surface area contributed by atoms with Crippen molar-refractivity contribution in [1.29, 1.82) is 0 Å². The summed E-state index contributed by atoms with van der Waals surface area (Å²) in [6.45, 7) is 1.82. The third-order valence-electron chi connectivity index (χ3n) is 2.78. The van der Waals surface area contributed by atoms with Gasteiger partial charge in [-0.25, -0.2) is 0 Å². The first-order valence-electron chi connectivity index (χ1n) is 4.05. The van der Waals surface area contributed by atoms with Gasteiger partial charge in [0, 0.05) is 10.3 Å². The van der Waals surface area contributed by atoms with Crippen molar-refractivity contribution < 1.29 is 4.74 Å². The maximum Gasteiger partial charge on any atom is 0.0812 e. The van der Waals surface area contributed by atoms with Crippen LogP contribution in [0.25, 0.3) is 0 Å². The quantitative estimate of drug-likeness (QED) is 0.574. The van der Waals surface area contributed by atoms with Crippen molar-refractivity contribution in [1.82, 2.24) is 0 Å². The maximum absolute atomic E-state index is 5.54. The van der Waals surface area contributed by atoms with Crippen LogP contribution in [0.4, 0.5) is 0 Å². The molecule has 1 aliphatic heterocycles. The number of thiophene rings is 1. The molecule has 58 valence electrons. The Bertz CT molecular complexity index is 286. The summed E-state index contributed by atoms with van der Waals surface area (Å²) in [5, 5.41) is 2.19. The molecular weight excluding hydrogens is 156 g/mol. The van der Waals surface area contributed by atoms with Crippen molar-refractivity contribution in [2.75, 3.05) is 6.61 Å². The van der Waals surface area contributed by atoms with Gasteiger partial charge in [-0.2, -0.15) is 0 Å². The molecule has 1 fully saturated rings. The van der Waals surface area contributed by atoms with Crippen LogP contribution in [0.15, 0.2) is 11.4 Å². The lowest BCUT2D eigenvalue weighted by Crippen LogP contribution is -2.20. The van der Waals surface area contributed by atoms with Gasteiger partial charge in [-0.3, -0.25) is 0 Å². The van der Waals surface area contributed by atoms with Crippen molar-refractivity contribution in [2.24, 2.45) is 0 Å². The van der Waals surface area contributed by atoms with Crippen LogP contribution < -0.4 is 0 Å². The highest BCUT2D eigenvalue weighted by atomic mass is 32.1. The van der Waals surface area contributed by atoms with Gasteiger partial charge >= 0.3 is 0 Å². The average molecular weight is 166 g/mol. The van der Waals surface area contributed by atoms with E-state index >= 15 is 0 Å². The summed E-state index contributed by atoms with van der Waals surface area (Å²) < 4.78 is 5.54. The molecule has 0 aromatic carbocycles. The molecule has 1 spiro atoms. The summed E-state index contributed by atoms with van der Waals surface area (Å²) in [6.07, 6.45) is 2.69. The Hall–Kier alpha value is -0.340. The summed E-state index contributed by atoms with van der Waals surface area (Å²) >= 11 is 1.84. The van der Waals surface area contributed by atoms with Crippen molar-refractivity contribution in [2.45, 2.75) is 24.9 Å². The molecule has 0 radical (unpaired) electrons. The fourth-order valence-electron chi connectivity index (χ4n) is 1.91. The summed E-state index contributed by atoms with van der Waals surface area (Å²) in [5.41, 5.74) is 2.07. The Labute approximate surface area is 70.0 Å². The molecule has 1 saturated carbocycles. The Morgan fingerprint density at radius 3 is 3.18 bits per heavy atom. The topological polar surface area (TPSA) is 9.23 Å². The molecule has 0 bridgehead atoms. The van der Waals surface area contributed by atoms with E-state index in [1.165, 1.54) is 17.7 Å². The summed E-state index contributed by atoms with van der Waals surface area (Å²) in [4.78, 5) is 1.47. The zero-order valence-corrected chi connectivity index (χ0v) is 7.12. The van der Waals surface area contributed by atoms with E-state index in [0.29, 0.717) is 5.41 Å². The molecule has 0 unspecified atom stereocenters. The summed E-state index contributed by atoms with van der Waals surface area (Å²) in [6, 6.07) is 2.29. The van der Waals surface area contributed by atoms with E-state index in [9.17, 15) is 0 Å². The fraction of sp³-hybridized carbons (Fsp3) is 0.556.